The molecule has 0 fully saturated rings. The molecule has 0 aromatic heterocycles. The summed E-state index contributed by atoms with van der Waals surface area (Å²) in [6.45, 7) is 0. The van der Waals surface area contributed by atoms with E-state index in [1.54, 1.807) is 0 Å². The maximum atomic E-state index is 8.17. The van der Waals surface area contributed by atoms with E-state index in [1.165, 1.54) is 38.1 Å². The van der Waals surface area contributed by atoms with Crippen molar-refractivity contribution < 1.29 is 3.80 Å². The van der Waals surface area contributed by atoms with Gasteiger partial charge in [-0.25, -0.2) is 0 Å². The first-order chi connectivity index (χ1) is 2.00. The molecule has 0 saturated heterocycles. The second-order valence-electron chi connectivity index (χ2n) is 0. The van der Waals surface area contributed by atoms with Crippen molar-refractivity contribution in [3.8, 4) is 0 Å². The Hall–Kier alpha value is 1.73. The van der Waals surface area contributed by atoms with Gasteiger partial charge in [0.25, 0.3) is 0 Å². The zero-order valence-corrected chi connectivity index (χ0v) is 7.50. The summed E-state index contributed by atoms with van der Waals surface area (Å²) in [5.74, 6) is 0. The van der Waals surface area contributed by atoms with E-state index in [2.05, 4.69) is 8.83 Å². The Morgan fingerprint density at radius 3 is 1.40 bits per heavy atom. The predicted molar refractivity (Wildman–Crippen MR) is 25.3 cm³/mol. The summed E-state index contributed by atoms with van der Waals surface area (Å²) in [5, 5.41) is 0. The van der Waals surface area contributed by atoms with Crippen LogP contribution in [-0.4, -0.2) is 38.1 Å². The minimum absolute atomic E-state index is 0. The van der Waals surface area contributed by atoms with Gasteiger partial charge < -0.3 is 0 Å². The second-order valence-corrected chi connectivity index (χ2v) is 0. The maximum absolute atomic E-state index is 8.17. The van der Waals surface area contributed by atoms with E-state index in [0.29, 0.717) is 0 Å². The molecule has 0 aliphatic heterocycles. The first-order valence-electron chi connectivity index (χ1n) is 0.405. The minimum atomic E-state index is 0. The molecule has 1 nitrogen and oxygen atoms in total. The van der Waals surface area contributed by atoms with Crippen molar-refractivity contribution in [3.05, 3.63) is 0 Å². The van der Waals surface area contributed by atoms with Gasteiger partial charge in [-0.1, -0.05) is 0 Å². The Morgan fingerprint density at radius 1 is 1.40 bits per heavy atom. The Morgan fingerprint density at radius 2 is 1.40 bits per heavy atom. The van der Waals surface area contributed by atoms with Crippen LogP contribution in [0.4, 0.5) is 0 Å². The summed E-state index contributed by atoms with van der Waals surface area (Å²) in [5.41, 5.74) is 0. The molecule has 0 aliphatic carbocycles. The van der Waals surface area contributed by atoms with E-state index < -0.39 is 0 Å². The van der Waals surface area contributed by atoms with Crippen molar-refractivity contribution in [1.29, 1.82) is 0 Å². The van der Waals surface area contributed by atoms with Gasteiger partial charge in [0, 0.05) is 0 Å². The molecule has 0 amide bonds. The van der Waals surface area contributed by atoms with Crippen LogP contribution >= 0.6 is 21.2 Å². The normalized spacial score (nSPS) is 1.80. The van der Waals surface area contributed by atoms with E-state index >= 15 is 0 Å². The fourth-order valence-electron chi connectivity index (χ4n) is 0. The van der Waals surface area contributed by atoms with Crippen LogP contribution in [0.3, 0.4) is 0 Å². The monoisotopic (exact) mass is 235 g/mol. The zero-order valence-electron chi connectivity index (χ0n) is 2.22. The molecule has 0 rings (SSSR count). The molecule has 0 aliphatic rings. The molecule has 0 aromatic carbocycles. The topological polar surface area (TPSA) is 17.1 Å². The Labute approximate surface area is 62.7 Å². The Kier molecular flexibility index (Phi) is 136. The van der Waals surface area contributed by atoms with Crippen LogP contribution in [0.25, 0.3) is 0 Å². The first kappa shape index (κ1) is 15.9. The van der Waals surface area contributed by atoms with Gasteiger partial charge in [-0.15, -0.1) is 12.4 Å². The molecule has 29 valence electrons. The van der Waals surface area contributed by atoms with Crippen molar-refractivity contribution in [1.82, 2.24) is 0 Å². The SMILES string of the molecule is Cl.[Cl][Sb].[O]=[Al]. The van der Waals surface area contributed by atoms with Crippen molar-refractivity contribution in [2.75, 3.05) is 0 Å². The van der Waals surface area contributed by atoms with Crippen molar-refractivity contribution >= 4 is 59.3 Å². The van der Waals surface area contributed by atoms with Crippen LogP contribution in [0, 0.1) is 0 Å². The average molecular weight is 237 g/mol. The fraction of sp³-hybridized carbons (Fsp3) is 0. The molecule has 3 radical (unpaired) electrons. The van der Waals surface area contributed by atoms with E-state index in [9.17, 15) is 0 Å². The molecule has 0 spiro atoms. The van der Waals surface area contributed by atoms with Crippen LogP contribution in [0.1, 0.15) is 0 Å². The number of hydrogen-bond acceptors (Lipinski definition) is 1. The van der Waals surface area contributed by atoms with Crippen LogP contribution in [-0.2, 0) is 3.80 Å². The first-order valence-corrected chi connectivity index (χ1v) is 4.11. The van der Waals surface area contributed by atoms with Crippen molar-refractivity contribution in [2.24, 2.45) is 0 Å². The summed E-state index contributed by atoms with van der Waals surface area (Å²) in [7, 11) is 4.69. The molecule has 0 saturated carbocycles. The third-order valence-electron chi connectivity index (χ3n) is 0. The van der Waals surface area contributed by atoms with Gasteiger partial charge >= 0.3 is 50.7 Å². The summed E-state index contributed by atoms with van der Waals surface area (Å²) in [6, 6.07) is 0. The standard InChI is InChI=1S/Al.2ClH.O.Sb/h;2*1H;;/q;;;;+1/p-1. The summed E-state index contributed by atoms with van der Waals surface area (Å²) in [4.78, 5) is 0. The molecule has 0 heterocycles. The van der Waals surface area contributed by atoms with E-state index in [0.717, 1.165) is 0 Å². The van der Waals surface area contributed by atoms with E-state index in [4.69, 9.17) is 3.80 Å². The third kappa shape index (κ3) is 26.6. The van der Waals surface area contributed by atoms with Gasteiger partial charge in [0.1, 0.15) is 0 Å². The molecule has 0 bridgehead atoms. The van der Waals surface area contributed by atoms with E-state index in [-0.39, 0.29) is 12.4 Å². The predicted octanol–water partition coefficient (Wildman–Crippen LogP) is 0.231. The van der Waals surface area contributed by atoms with E-state index in [1.807, 2.05) is 0 Å². The van der Waals surface area contributed by atoms with Crippen LogP contribution in [0.2, 0.25) is 0 Å². The number of rotatable bonds is 0. The Bertz CT molecular complexity index is 9.61. The third-order valence-corrected chi connectivity index (χ3v) is 0. The zero-order chi connectivity index (χ0) is 4.00. The fourth-order valence-corrected chi connectivity index (χ4v) is 0. The van der Waals surface area contributed by atoms with Crippen molar-refractivity contribution in [3.63, 3.8) is 0 Å². The van der Waals surface area contributed by atoms with Gasteiger partial charge in [0.2, 0.25) is 0 Å². The quantitative estimate of drug-likeness (QED) is 0.551. The van der Waals surface area contributed by atoms with Gasteiger partial charge in [0.05, 0.1) is 0 Å². The number of hydrogen-bond donors (Lipinski definition) is 0. The van der Waals surface area contributed by atoms with Gasteiger partial charge in [-0.2, -0.15) is 0 Å². The Balaban J connectivity index is -0.0000000133. The summed E-state index contributed by atoms with van der Waals surface area (Å²) < 4.78 is 8.17. The molecule has 0 unspecified atom stereocenters. The van der Waals surface area contributed by atoms with Gasteiger partial charge in [-0.05, 0) is 0 Å². The van der Waals surface area contributed by atoms with Gasteiger partial charge in [-0.3, -0.25) is 0 Å². The second kappa shape index (κ2) is 42.8. The molecule has 0 N–H and O–H groups in total. The number of halogens is 2. The summed E-state index contributed by atoms with van der Waals surface area (Å²) in [6.07, 6.45) is 0. The summed E-state index contributed by atoms with van der Waals surface area (Å²) >= 11 is 2.39. The van der Waals surface area contributed by atoms with Crippen LogP contribution in [0.15, 0.2) is 0 Å². The molecule has 5 heavy (non-hydrogen) atoms. The molecule has 0 atom stereocenters. The molecule has 0 aromatic rings. The molecular weight excluding hydrogens is 236 g/mol. The van der Waals surface area contributed by atoms with Crippen molar-refractivity contribution in [2.45, 2.75) is 0 Å². The molecule has 5 heteroatoms. The van der Waals surface area contributed by atoms with Gasteiger partial charge in [0.15, 0.2) is 0 Å². The van der Waals surface area contributed by atoms with Crippen LogP contribution < -0.4 is 0 Å². The molecular formula is HAlCl2OSb. The average Bonchev–Trinajstić information content (AvgIpc) is 1.50. The van der Waals surface area contributed by atoms with Crippen LogP contribution in [0.5, 0.6) is 0 Å².